The normalized spacial score (nSPS) is 12.0. The predicted octanol–water partition coefficient (Wildman–Crippen LogP) is 18.6. The molecule has 0 aliphatic rings. The highest BCUT2D eigenvalue weighted by Gasteiger charge is 2.34. The maximum Gasteiger partial charge on any atom is 0.221 e. The lowest BCUT2D eigenvalue weighted by molar-refractivity contribution is 0.671. The molecule has 0 amide bonds. The Bertz CT molecular complexity index is 4650. The van der Waals surface area contributed by atoms with Gasteiger partial charge in [0.2, 0.25) is 5.69 Å². The summed E-state index contributed by atoms with van der Waals surface area (Å²) in [6.45, 7) is 11.8. The van der Waals surface area contributed by atoms with Gasteiger partial charge in [-0.15, -0.1) is 22.7 Å². The van der Waals surface area contributed by atoms with Crippen molar-refractivity contribution in [2.75, 3.05) is 0 Å². The van der Waals surface area contributed by atoms with Crippen LogP contribution < -0.4 is 0 Å². The second-order valence-electron chi connectivity index (χ2n) is 18.1. The van der Waals surface area contributed by atoms with Crippen molar-refractivity contribution in [1.29, 1.82) is 5.26 Å². The Kier molecular flexibility index (Phi) is 8.10. The molecule has 5 heterocycles. The summed E-state index contributed by atoms with van der Waals surface area (Å²) >= 11 is 3.54. The summed E-state index contributed by atoms with van der Waals surface area (Å²) in [7, 11) is 0. The molecule has 70 heavy (non-hydrogen) atoms. The summed E-state index contributed by atoms with van der Waals surface area (Å²) in [5.74, 6) is 0. The number of nitrogens with zero attached hydrogens (tertiary/aromatic N) is 4. The lowest BCUT2D eigenvalue weighted by atomic mass is 9.88. The van der Waals surface area contributed by atoms with Crippen LogP contribution in [0.5, 0.6) is 0 Å². The van der Waals surface area contributed by atoms with Crippen molar-refractivity contribution in [2.24, 2.45) is 0 Å². The Morgan fingerprint density at radius 3 is 1.66 bits per heavy atom. The van der Waals surface area contributed by atoms with Gasteiger partial charge in [-0.25, -0.2) is 4.85 Å². The van der Waals surface area contributed by atoms with Crippen LogP contribution in [0.4, 0.5) is 5.69 Å². The van der Waals surface area contributed by atoms with E-state index >= 15 is 0 Å². The molecule has 10 aromatic carbocycles. The monoisotopic (exact) mass is 926 g/mol. The van der Waals surface area contributed by atoms with Gasteiger partial charge in [0.05, 0.1) is 55.0 Å². The lowest BCUT2D eigenvalue weighted by Crippen LogP contribution is -2.08. The largest absolute Gasteiger partial charge is 0.454 e. The second kappa shape index (κ2) is 14.5. The van der Waals surface area contributed by atoms with Crippen LogP contribution in [-0.4, -0.2) is 9.13 Å². The maximum absolute atomic E-state index is 12.3. The van der Waals surface area contributed by atoms with E-state index in [1.807, 2.05) is 48.5 Å². The Morgan fingerprint density at radius 2 is 1.03 bits per heavy atom. The van der Waals surface area contributed by atoms with Crippen LogP contribution in [0.25, 0.3) is 144 Å². The van der Waals surface area contributed by atoms with E-state index in [-0.39, 0.29) is 0 Å². The Hall–Kier alpha value is -8.98. The average Bonchev–Trinajstić information content (AvgIpc) is 4.23. The summed E-state index contributed by atoms with van der Waals surface area (Å²) in [6, 6.07) is 68.7. The van der Waals surface area contributed by atoms with Gasteiger partial charge in [-0.05, 0) is 53.9 Å². The Morgan fingerprint density at radius 1 is 0.486 bits per heavy atom. The van der Waals surface area contributed by atoms with Crippen molar-refractivity contribution < 1.29 is 4.42 Å². The first-order valence-corrected chi connectivity index (χ1v) is 24.9. The van der Waals surface area contributed by atoms with Crippen molar-refractivity contribution >= 4 is 134 Å². The number of nitriles is 1. The quantitative estimate of drug-likeness (QED) is 0.165. The van der Waals surface area contributed by atoms with Crippen LogP contribution in [0.3, 0.4) is 0 Å². The third-order valence-electron chi connectivity index (χ3n) is 14.5. The summed E-state index contributed by atoms with van der Waals surface area (Å²) in [4.78, 5) is 4.70. The molecule has 0 aliphatic heterocycles. The van der Waals surface area contributed by atoms with Crippen molar-refractivity contribution in [2.45, 2.75) is 6.92 Å². The molecule has 0 bridgehead atoms. The molecule has 5 nitrogen and oxygen atoms in total. The fraction of sp³-hybridized carbons (Fsp3) is 0.0159. The van der Waals surface area contributed by atoms with E-state index in [0.717, 1.165) is 119 Å². The van der Waals surface area contributed by atoms with Crippen molar-refractivity contribution in [3.63, 3.8) is 0 Å². The smallest absolute Gasteiger partial charge is 0.221 e. The average molecular weight is 927 g/mol. The van der Waals surface area contributed by atoms with E-state index < -0.39 is 0 Å². The van der Waals surface area contributed by atoms with Crippen LogP contribution >= 0.6 is 22.7 Å². The minimum Gasteiger partial charge on any atom is -0.454 e. The molecule has 7 heteroatoms. The number of aryl methyl sites for hydroxylation is 1. The van der Waals surface area contributed by atoms with Gasteiger partial charge in [0.25, 0.3) is 0 Å². The Labute approximate surface area is 407 Å². The Balaban J connectivity index is 1.24. The number of hydrogen-bond donors (Lipinski definition) is 0. The van der Waals surface area contributed by atoms with Gasteiger partial charge >= 0.3 is 0 Å². The highest BCUT2D eigenvalue weighted by atomic mass is 32.1. The number of furan rings is 1. The molecule has 5 aromatic heterocycles. The van der Waals surface area contributed by atoms with Gasteiger partial charge in [0.1, 0.15) is 11.7 Å². The first-order chi connectivity index (χ1) is 34.6. The standard InChI is InChI=1S/C63H34N4OS2/c1-35-16-15-24-48-52(35)46-33-30-43-38-21-9-12-25-49(38)68-61(43)57(46)66(48)60-53(36-17-5-3-6-18-36)47(34-64)56(55(65-2)54(60)37-19-7-4-8-20-37)67-58-41(28-31-44-39-22-10-13-26-50(39)69-62(44)58)42-29-32-45-40-23-11-14-27-51(40)70-63(45)59(42)67/h3-33H,1H3. The molecule has 0 aliphatic carbocycles. The molecule has 324 valence electrons. The van der Waals surface area contributed by atoms with Gasteiger partial charge in [-0.2, -0.15) is 5.26 Å². The molecular weight excluding hydrogens is 893 g/mol. The van der Waals surface area contributed by atoms with Crippen molar-refractivity contribution in [3.8, 4) is 39.7 Å². The van der Waals surface area contributed by atoms with Crippen LogP contribution in [0.15, 0.2) is 192 Å². The summed E-state index contributed by atoms with van der Waals surface area (Å²) in [5, 5.41) is 23.3. The zero-order valence-electron chi connectivity index (χ0n) is 37.4. The number of aromatic nitrogens is 2. The molecule has 0 atom stereocenters. The second-order valence-corrected chi connectivity index (χ2v) is 20.2. The van der Waals surface area contributed by atoms with E-state index in [2.05, 4.69) is 162 Å². The van der Waals surface area contributed by atoms with Crippen LogP contribution in [0.1, 0.15) is 11.1 Å². The van der Waals surface area contributed by atoms with E-state index in [1.54, 1.807) is 22.7 Å². The van der Waals surface area contributed by atoms with Crippen molar-refractivity contribution in [3.05, 3.63) is 211 Å². The fourth-order valence-electron chi connectivity index (χ4n) is 11.6. The van der Waals surface area contributed by atoms with Crippen LogP contribution in [0, 0.1) is 24.8 Å². The van der Waals surface area contributed by atoms with E-state index in [1.165, 1.54) is 20.2 Å². The van der Waals surface area contributed by atoms with Crippen LogP contribution in [0.2, 0.25) is 0 Å². The van der Waals surface area contributed by atoms with E-state index in [4.69, 9.17) is 9.26 Å². The zero-order valence-corrected chi connectivity index (χ0v) is 39.0. The van der Waals surface area contributed by atoms with Gasteiger partial charge in [-0.3, -0.25) is 0 Å². The van der Waals surface area contributed by atoms with Gasteiger partial charge in [0.15, 0.2) is 5.58 Å². The van der Waals surface area contributed by atoms with E-state index in [0.29, 0.717) is 16.9 Å². The van der Waals surface area contributed by atoms with Crippen LogP contribution in [-0.2, 0) is 0 Å². The molecule has 0 radical (unpaired) electrons. The van der Waals surface area contributed by atoms with Gasteiger partial charge < -0.3 is 13.6 Å². The number of fused-ring (bicyclic) bond motifs is 18. The zero-order chi connectivity index (χ0) is 46.4. The molecule has 0 spiro atoms. The SMILES string of the molecule is [C-]#[N+]c1c(-c2ccccc2)c(-n2c3cccc(C)c3c3ccc4c5ccccc5oc4c32)c(-c2ccccc2)c(C#N)c1-n1c2c(ccc3c4ccccc4sc32)c2ccc3c4ccccc4sc3c21. The number of rotatable bonds is 4. The summed E-state index contributed by atoms with van der Waals surface area (Å²) < 4.78 is 16.2. The number of benzene rings is 10. The molecule has 15 rings (SSSR count). The first kappa shape index (κ1) is 39.1. The summed E-state index contributed by atoms with van der Waals surface area (Å²) in [6.07, 6.45) is 0. The number of thiophene rings is 2. The van der Waals surface area contributed by atoms with Gasteiger partial charge in [-0.1, -0.05) is 158 Å². The molecule has 0 saturated carbocycles. The van der Waals surface area contributed by atoms with Crippen molar-refractivity contribution in [1.82, 2.24) is 9.13 Å². The minimum absolute atomic E-state index is 0.395. The van der Waals surface area contributed by atoms with E-state index in [9.17, 15) is 11.8 Å². The molecule has 0 saturated heterocycles. The highest BCUT2D eigenvalue weighted by Crippen LogP contribution is 2.55. The highest BCUT2D eigenvalue weighted by molar-refractivity contribution is 7.27. The predicted molar refractivity (Wildman–Crippen MR) is 295 cm³/mol. The fourth-order valence-corrected chi connectivity index (χ4v) is 14.1. The first-order valence-electron chi connectivity index (χ1n) is 23.3. The molecule has 0 fully saturated rings. The third-order valence-corrected chi connectivity index (χ3v) is 16.9. The maximum atomic E-state index is 12.3. The molecule has 15 aromatic rings. The summed E-state index contributed by atoms with van der Waals surface area (Å²) in [5.41, 5.74) is 11.8. The molecular formula is C63H34N4OS2. The lowest BCUT2D eigenvalue weighted by Gasteiger charge is -2.25. The topological polar surface area (TPSA) is 51.1 Å². The third kappa shape index (κ3) is 5.12. The molecule has 0 N–H and O–H groups in total. The van der Waals surface area contributed by atoms with Gasteiger partial charge in [0, 0.05) is 74.4 Å². The number of hydrogen-bond acceptors (Lipinski definition) is 4. The number of para-hydroxylation sites is 1. The minimum atomic E-state index is 0.395. The molecule has 0 unspecified atom stereocenters.